The molecule has 7 nitrogen and oxygen atoms in total. The maximum Gasteiger partial charge on any atom is 0.183 e. The second-order valence-corrected chi connectivity index (χ2v) is 6.77. The second-order valence-electron chi connectivity index (χ2n) is 6.39. The maximum absolute atomic E-state index is 12.3. The minimum absolute atomic E-state index is 0.0906. The normalized spacial score (nSPS) is 10.8. The van der Waals surface area contributed by atoms with Gasteiger partial charge in [0.05, 0.1) is 11.9 Å². The number of aromatic amines is 1. The van der Waals surface area contributed by atoms with Crippen molar-refractivity contribution in [2.24, 2.45) is 0 Å². The Balaban J connectivity index is 1.43. The summed E-state index contributed by atoms with van der Waals surface area (Å²) in [5.74, 6) is 0.636. The van der Waals surface area contributed by atoms with Crippen molar-refractivity contribution in [1.29, 1.82) is 0 Å². The summed E-state index contributed by atoms with van der Waals surface area (Å²) in [5.41, 5.74) is 9.42. The molecule has 1 aromatic carbocycles. The molecule has 0 saturated carbocycles. The predicted octanol–water partition coefficient (Wildman–Crippen LogP) is 3.98. The van der Waals surface area contributed by atoms with Crippen LogP contribution in [-0.2, 0) is 6.42 Å². The van der Waals surface area contributed by atoms with Crippen molar-refractivity contribution >= 4 is 23.2 Å². The fourth-order valence-electron chi connectivity index (χ4n) is 2.88. The molecule has 8 heteroatoms. The summed E-state index contributed by atoms with van der Waals surface area (Å²) in [6, 6.07) is 13.8. The zero-order valence-corrected chi connectivity index (χ0v) is 16.1. The Hall–Kier alpha value is -3.58. The van der Waals surface area contributed by atoms with Crippen molar-refractivity contribution in [3.63, 3.8) is 0 Å². The van der Waals surface area contributed by atoms with Crippen molar-refractivity contribution in [2.75, 3.05) is 5.73 Å². The number of Topliss-reactive ketones (excluding diaryl/α,β-unsaturated/α-hetero) is 1. The molecule has 0 saturated heterocycles. The van der Waals surface area contributed by atoms with E-state index in [1.807, 2.05) is 42.5 Å². The number of aromatic nitrogens is 5. The molecule has 29 heavy (non-hydrogen) atoms. The van der Waals surface area contributed by atoms with Crippen LogP contribution in [0.2, 0.25) is 5.02 Å². The molecular formula is C21H17ClN6O. The summed E-state index contributed by atoms with van der Waals surface area (Å²) >= 11 is 6.01. The molecule has 0 unspecified atom stereocenters. The van der Waals surface area contributed by atoms with Gasteiger partial charge in [0, 0.05) is 23.9 Å². The average molecular weight is 405 g/mol. The monoisotopic (exact) mass is 404 g/mol. The number of aryl methyl sites for hydroxylation is 1. The highest BCUT2D eigenvalue weighted by Gasteiger charge is 2.15. The first-order valence-corrected chi connectivity index (χ1v) is 9.34. The van der Waals surface area contributed by atoms with Crippen LogP contribution in [0.25, 0.3) is 22.6 Å². The number of rotatable bonds is 6. The minimum Gasteiger partial charge on any atom is -0.382 e. The molecule has 0 bridgehead atoms. The first kappa shape index (κ1) is 18.8. The summed E-state index contributed by atoms with van der Waals surface area (Å²) in [5, 5.41) is 0.0906. The molecule has 0 aliphatic rings. The van der Waals surface area contributed by atoms with Gasteiger partial charge in [0.1, 0.15) is 28.7 Å². The van der Waals surface area contributed by atoms with Crippen LogP contribution in [0.5, 0.6) is 0 Å². The van der Waals surface area contributed by atoms with E-state index in [2.05, 4.69) is 24.9 Å². The third kappa shape index (κ3) is 4.14. The number of halogens is 1. The second kappa shape index (κ2) is 8.20. The molecule has 0 fully saturated rings. The van der Waals surface area contributed by atoms with E-state index in [-0.39, 0.29) is 28.7 Å². The lowest BCUT2D eigenvalue weighted by atomic mass is 10.1. The Morgan fingerprint density at radius 1 is 0.966 bits per heavy atom. The number of H-pyrrole nitrogens is 1. The van der Waals surface area contributed by atoms with Crippen LogP contribution >= 0.6 is 11.6 Å². The summed E-state index contributed by atoms with van der Waals surface area (Å²) < 4.78 is 0. The van der Waals surface area contributed by atoms with Gasteiger partial charge in [-0.3, -0.25) is 9.78 Å². The van der Waals surface area contributed by atoms with Gasteiger partial charge in [-0.25, -0.2) is 15.0 Å². The number of pyridine rings is 1. The fourth-order valence-corrected chi connectivity index (χ4v) is 3.09. The van der Waals surface area contributed by atoms with Crippen molar-refractivity contribution in [3.8, 4) is 22.6 Å². The summed E-state index contributed by atoms with van der Waals surface area (Å²) in [6.45, 7) is 0. The molecule has 0 spiro atoms. The number of nitrogen functional groups attached to an aromatic ring is 1. The molecule has 3 N–H and O–H groups in total. The van der Waals surface area contributed by atoms with Gasteiger partial charge in [0.15, 0.2) is 5.78 Å². The number of nitrogens with zero attached hydrogens (tertiary/aromatic N) is 4. The maximum atomic E-state index is 12.3. The molecule has 3 aromatic heterocycles. The largest absolute Gasteiger partial charge is 0.382 e. The van der Waals surface area contributed by atoms with Gasteiger partial charge in [-0.2, -0.15) is 0 Å². The van der Waals surface area contributed by atoms with E-state index in [4.69, 9.17) is 17.3 Å². The van der Waals surface area contributed by atoms with Gasteiger partial charge in [-0.1, -0.05) is 41.9 Å². The quantitative estimate of drug-likeness (QED) is 0.470. The topological polar surface area (TPSA) is 110 Å². The molecule has 4 aromatic rings. The van der Waals surface area contributed by atoms with E-state index >= 15 is 0 Å². The van der Waals surface area contributed by atoms with Crippen LogP contribution in [0, 0.1) is 0 Å². The highest BCUT2D eigenvalue weighted by molar-refractivity contribution is 6.35. The number of anilines is 1. The number of imidazole rings is 1. The minimum atomic E-state index is -0.200. The molecular weight excluding hydrogens is 388 g/mol. The molecule has 4 rings (SSSR count). The Morgan fingerprint density at radius 2 is 1.79 bits per heavy atom. The number of ketones is 1. The smallest absolute Gasteiger partial charge is 0.183 e. The summed E-state index contributed by atoms with van der Waals surface area (Å²) in [6.07, 6.45) is 5.46. The number of benzene rings is 1. The van der Waals surface area contributed by atoms with Crippen molar-refractivity contribution in [1.82, 2.24) is 24.9 Å². The van der Waals surface area contributed by atoms with E-state index in [1.165, 1.54) is 6.33 Å². The Bertz CT molecular complexity index is 1140. The third-order valence-electron chi connectivity index (χ3n) is 4.45. The number of nitrogens with two attached hydrogens (primary N) is 1. The predicted molar refractivity (Wildman–Crippen MR) is 111 cm³/mol. The van der Waals surface area contributed by atoms with Gasteiger partial charge < -0.3 is 10.7 Å². The summed E-state index contributed by atoms with van der Waals surface area (Å²) in [7, 11) is 0. The third-order valence-corrected chi connectivity index (χ3v) is 4.82. The first-order valence-electron chi connectivity index (χ1n) is 8.96. The van der Waals surface area contributed by atoms with Crippen molar-refractivity contribution < 1.29 is 4.79 Å². The molecule has 3 heterocycles. The van der Waals surface area contributed by atoms with Gasteiger partial charge in [0.2, 0.25) is 0 Å². The first-order chi connectivity index (χ1) is 14.1. The lowest BCUT2D eigenvalue weighted by Gasteiger charge is -2.04. The van der Waals surface area contributed by atoms with Crippen molar-refractivity contribution in [2.45, 2.75) is 12.8 Å². The van der Waals surface area contributed by atoms with E-state index in [1.54, 1.807) is 12.4 Å². The fraction of sp³-hybridized carbons (Fsp3) is 0.0952. The molecule has 0 aliphatic heterocycles. The standard InChI is InChI=1S/C21H17ClN6O/c22-18-19(26-12-27-20(18)23)17(29)9-8-15-7-6-14(10-24-15)21-25-11-16(28-21)13-4-2-1-3-5-13/h1-7,10-12H,8-9H2,(H,25,28)(H2,23,26,27). The lowest BCUT2D eigenvalue weighted by Crippen LogP contribution is -2.08. The van der Waals surface area contributed by atoms with Crippen LogP contribution in [0.4, 0.5) is 5.82 Å². The van der Waals surface area contributed by atoms with Gasteiger partial charge in [-0.15, -0.1) is 0 Å². The van der Waals surface area contributed by atoms with Gasteiger partial charge >= 0.3 is 0 Å². The average Bonchev–Trinajstić information content (AvgIpc) is 3.25. The van der Waals surface area contributed by atoms with E-state index in [0.29, 0.717) is 6.42 Å². The summed E-state index contributed by atoms with van der Waals surface area (Å²) in [4.78, 5) is 32.2. The molecule has 0 aliphatic carbocycles. The highest BCUT2D eigenvalue weighted by Crippen LogP contribution is 2.23. The van der Waals surface area contributed by atoms with Crippen molar-refractivity contribution in [3.05, 3.63) is 77.6 Å². The zero-order chi connectivity index (χ0) is 20.2. The number of hydrogen-bond donors (Lipinski definition) is 2. The number of carbonyl (C=O) groups excluding carboxylic acids is 1. The van der Waals surface area contributed by atoms with E-state index in [0.717, 1.165) is 28.3 Å². The van der Waals surface area contributed by atoms with E-state index in [9.17, 15) is 4.79 Å². The number of nitrogens with one attached hydrogen (secondary N) is 1. The van der Waals surface area contributed by atoms with Gasteiger partial charge in [-0.05, 0) is 24.1 Å². The Morgan fingerprint density at radius 3 is 2.55 bits per heavy atom. The van der Waals surface area contributed by atoms with Crippen LogP contribution in [0.3, 0.4) is 0 Å². The van der Waals surface area contributed by atoms with Crippen LogP contribution in [-0.4, -0.2) is 30.7 Å². The molecule has 0 amide bonds. The van der Waals surface area contributed by atoms with Crippen LogP contribution in [0.1, 0.15) is 22.6 Å². The molecule has 144 valence electrons. The molecule has 0 atom stereocenters. The van der Waals surface area contributed by atoms with E-state index < -0.39 is 0 Å². The van der Waals surface area contributed by atoms with Crippen LogP contribution in [0.15, 0.2) is 61.2 Å². The number of carbonyl (C=O) groups is 1. The zero-order valence-electron chi connectivity index (χ0n) is 15.3. The number of hydrogen-bond acceptors (Lipinski definition) is 6. The highest BCUT2D eigenvalue weighted by atomic mass is 35.5. The van der Waals surface area contributed by atoms with Gasteiger partial charge in [0.25, 0.3) is 0 Å². The molecule has 0 radical (unpaired) electrons. The Kier molecular flexibility index (Phi) is 5.31. The Labute approximate surface area is 172 Å². The SMILES string of the molecule is Nc1ncnc(C(=O)CCc2ccc(-c3ncc(-c4ccccc4)[nH]3)cn2)c1Cl. The van der Waals surface area contributed by atoms with Crippen LogP contribution < -0.4 is 5.73 Å². The lowest BCUT2D eigenvalue weighted by molar-refractivity contribution is 0.0977.